The van der Waals surface area contributed by atoms with Crippen LogP contribution in [-0.4, -0.2) is 23.9 Å². The van der Waals surface area contributed by atoms with E-state index < -0.39 is 0 Å². The van der Waals surface area contributed by atoms with Crippen molar-refractivity contribution in [1.82, 2.24) is 4.90 Å². The Labute approximate surface area is 111 Å². The van der Waals surface area contributed by atoms with E-state index in [0.29, 0.717) is 0 Å². The molecule has 2 nitrogen and oxygen atoms in total. The van der Waals surface area contributed by atoms with Crippen LogP contribution in [0.4, 0.5) is 0 Å². The third kappa shape index (κ3) is 2.89. The summed E-state index contributed by atoms with van der Waals surface area (Å²) in [5.41, 5.74) is 1.88. The number of carbonyl (C=O) groups excluding carboxylic acids is 1. The van der Waals surface area contributed by atoms with Crippen molar-refractivity contribution in [1.29, 1.82) is 0 Å². The second-order valence-corrected chi connectivity index (χ2v) is 5.47. The number of likely N-dealkylation sites (tertiary alicyclic amines) is 1. The first-order chi connectivity index (χ1) is 8.20. The summed E-state index contributed by atoms with van der Waals surface area (Å²) >= 11 is 3.48. The van der Waals surface area contributed by atoms with E-state index in [1.807, 2.05) is 30.0 Å². The maximum absolute atomic E-state index is 12.4. The molecule has 92 valence electrons. The molecule has 1 saturated heterocycles. The molecule has 0 radical (unpaired) electrons. The van der Waals surface area contributed by atoms with Gasteiger partial charge in [-0.05, 0) is 37.5 Å². The first-order valence-electron chi connectivity index (χ1n) is 6.24. The van der Waals surface area contributed by atoms with Crippen LogP contribution in [-0.2, 0) is 0 Å². The molecule has 0 N–H and O–H groups in total. The Kier molecular flexibility index (Phi) is 4.21. The van der Waals surface area contributed by atoms with Crippen LogP contribution < -0.4 is 0 Å². The fourth-order valence-electron chi connectivity index (χ4n) is 2.28. The van der Waals surface area contributed by atoms with Crippen LogP contribution in [0.2, 0.25) is 0 Å². The van der Waals surface area contributed by atoms with Crippen LogP contribution in [0.25, 0.3) is 0 Å². The molecule has 1 aliphatic rings. The van der Waals surface area contributed by atoms with Crippen molar-refractivity contribution in [2.24, 2.45) is 0 Å². The van der Waals surface area contributed by atoms with E-state index in [9.17, 15) is 4.79 Å². The Morgan fingerprint density at radius 2 is 1.82 bits per heavy atom. The zero-order valence-electron chi connectivity index (χ0n) is 10.2. The van der Waals surface area contributed by atoms with Gasteiger partial charge < -0.3 is 4.90 Å². The van der Waals surface area contributed by atoms with Gasteiger partial charge in [-0.2, -0.15) is 0 Å². The van der Waals surface area contributed by atoms with Gasteiger partial charge in [0.1, 0.15) is 0 Å². The predicted molar refractivity (Wildman–Crippen MR) is 73.3 cm³/mol. The van der Waals surface area contributed by atoms with Gasteiger partial charge in [-0.25, -0.2) is 0 Å². The van der Waals surface area contributed by atoms with Gasteiger partial charge in [0.2, 0.25) is 0 Å². The fourth-order valence-corrected chi connectivity index (χ4v) is 2.65. The highest BCUT2D eigenvalue weighted by atomic mass is 79.9. The number of benzene rings is 1. The topological polar surface area (TPSA) is 20.3 Å². The smallest absolute Gasteiger partial charge is 0.254 e. The molecule has 0 unspecified atom stereocenters. The Hall–Kier alpha value is -0.830. The Morgan fingerprint density at radius 3 is 2.47 bits per heavy atom. The number of carbonyl (C=O) groups is 1. The zero-order chi connectivity index (χ0) is 12.3. The van der Waals surface area contributed by atoms with E-state index in [1.54, 1.807) is 0 Å². The van der Waals surface area contributed by atoms with Gasteiger partial charge in [-0.3, -0.25) is 4.79 Å². The Morgan fingerprint density at radius 1 is 1.18 bits per heavy atom. The summed E-state index contributed by atoms with van der Waals surface area (Å²) in [6.07, 6.45) is 4.78. The minimum atomic E-state index is 0.186. The van der Waals surface area contributed by atoms with E-state index in [-0.39, 0.29) is 5.91 Å². The molecule has 17 heavy (non-hydrogen) atoms. The molecule has 0 spiro atoms. The average molecular weight is 296 g/mol. The standard InChI is InChI=1S/C14H18BrNO/c1-11-12(7-6-8-13(11)15)14(17)16-9-4-2-3-5-10-16/h6-8H,2-5,9-10H2,1H3. The SMILES string of the molecule is Cc1c(Br)cccc1C(=O)N1CCCCCC1. The van der Waals surface area contributed by atoms with Crippen LogP contribution in [0.15, 0.2) is 22.7 Å². The lowest BCUT2D eigenvalue weighted by molar-refractivity contribution is 0.0761. The van der Waals surface area contributed by atoms with Crippen molar-refractivity contribution in [3.05, 3.63) is 33.8 Å². The minimum Gasteiger partial charge on any atom is -0.339 e. The molecule has 2 rings (SSSR count). The maximum atomic E-state index is 12.4. The van der Waals surface area contributed by atoms with Crippen LogP contribution in [0.1, 0.15) is 41.6 Å². The summed E-state index contributed by atoms with van der Waals surface area (Å²) in [5, 5.41) is 0. The number of nitrogens with zero attached hydrogens (tertiary/aromatic N) is 1. The van der Waals surface area contributed by atoms with Crippen molar-refractivity contribution in [3.63, 3.8) is 0 Å². The second-order valence-electron chi connectivity index (χ2n) is 4.62. The molecule has 1 aromatic carbocycles. The fraction of sp³-hybridized carbons (Fsp3) is 0.500. The highest BCUT2D eigenvalue weighted by Crippen LogP contribution is 2.22. The van der Waals surface area contributed by atoms with Crippen LogP contribution in [0.3, 0.4) is 0 Å². The van der Waals surface area contributed by atoms with E-state index in [0.717, 1.165) is 41.5 Å². The molecule has 0 aliphatic carbocycles. The summed E-state index contributed by atoms with van der Waals surface area (Å²) in [6.45, 7) is 3.81. The summed E-state index contributed by atoms with van der Waals surface area (Å²) in [6, 6.07) is 5.84. The van der Waals surface area contributed by atoms with E-state index in [1.165, 1.54) is 12.8 Å². The van der Waals surface area contributed by atoms with Gasteiger partial charge >= 0.3 is 0 Å². The number of rotatable bonds is 1. The summed E-state index contributed by atoms with van der Waals surface area (Å²) in [4.78, 5) is 14.4. The molecule has 3 heteroatoms. The maximum Gasteiger partial charge on any atom is 0.254 e. The van der Waals surface area contributed by atoms with Crippen molar-refractivity contribution in [3.8, 4) is 0 Å². The van der Waals surface area contributed by atoms with Crippen molar-refractivity contribution in [2.45, 2.75) is 32.6 Å². The number of hydrogen-bond donors (Lipinski definition) is 0. The molecule has 1 aliphatic heterocycles. The van der Waals surface area contributed by atoms with Crippen molar-refractivity contribution >= 4 is 21.8 Å². The number of halogens is 1. The molecule has 0 atom stereocenters. The van der Waals surface area contributed by atoms with Crippen molar-refractivity contribution < 1.29 is 4.79 Å². The van der Waals surface area contributed by atoms with E-state index in [2.05, 4.69) is 15.9 Å². The van der Waals surface area contributed by atoms with Gasteiger partial charge in [-0.15, -0.1) is 0 Å². The first-order valence-corrected chi connectivity index (χ1v) is 7.04. The molecule has 1 aromatic rings. The summed E-state index contributed by atoms with van der Waals surface area (Å²) < 4.78 is 1.01. The van der Waals surface area contributed by atoms with E-state index >= 15 is 0 Å². The zero-order valence-corrected chi connectivity index (χ0v) is 11.8. The molecule has 1 fully saturated rings. The molecule has 0 saturated carbocycles. The predicted octanol–water partition coefficient (Wildman–Crippen LogP) is 3.77. The normalized spacial score (nSPS) is 16.7. The van der Waals surface area contributed by atoms with E-state index in [4.69, 9.17) is 0 Å². The molecular weight excluding hydrogens is 278 g/mol. The van der Waals surface area contributed by atoms with Gasteiger partial charge in [-0.1, -0.05) is 34.8 Å². The molecule has 1 heterocycles. The number of amides is 1. The molecule has 0 bridgehead atoms. The monoisotopic (exact) mass is 295 g/mol. The largest absolute Gasteiger partial charge is 0.339 e. The third-order valence-electron chi connectivity index (χ3n) is 3.39. The number of hydrogen-bond acceptors (Lipinski definition) is 1. The summed E-state index contributed by atoms with van der Waals surface area (Å²) in [7, 11) is 0. The van der Waals surface area contributed by atoms with Crippen LogP contribution in [0, 0.1) is 6.92 Å². The molecule has 1 amide bonds. The minimum absolute atomic E-state index is 0.186. The van der Waals surface area contributed by atoms with Crippen LogP contribution >= 0.6 is 15.9 Å². The highest BCUT2D eigenvalue weighted by molar-refractivity contribution is 9.10. The lowest BCUT2D eigenvalue weighted by Gasteiger charge is -2.21. The Bertz CT molecular complexity index is 409. The van der Waals surface area contributed by atoms with Gasteiger partial charge in [0, 0.05) is 23.1 Å². The van der Waals surface area contributed by atoms with Gasteiger partial charge in [0.15, 0.2) is 0 Å². The van der Waals surface area contributed by atoms with Gasteiger partial charge in [0.05, 0.1) is 0 Å². The average Bonchev–Trinajstić information content (AvgIpc) is 2.60. The molecule has 0 aromatic heterocycles. The Balaban J connectivity index is 2.20. The highest BCUT2D eigenvalue weighted by Gasteiger charge is 2.19. The quantitative estimate of drug-likeness (QED) is 0.772. The molecular formula is C14H18BrNO. The van der Waals surface area contributed by atoms with Crippen molar-refractivity contribution in [2.75, 3.05) is 13.1 Å². The third-order valence-corrected chi connectivity index (χ3v) is 4.25. The second kappa shape index (κ2) is 5.67. The van der Waals surface area contributed by atoms with Gasteiger partial charge in [0.25, 0.3) is 5.91 Å². The first kappa shape index (κ1) is 12.6. The lowest BCUT2D eigenvalue weighted by Crippen LogP contribution is -2.32. The summed E-state index contributed by atoms with van der Waals surface area (Å²) in [5.74, 6) is 0.186. The van der Waals surface area contributed by atoms with Crippen LogP contribution in [0.5, 0.6) is 0 Å². The lowest BCUT2D eigenvalue weighted by atomic mass is 10.1.